The van der Waals surface area contributed by atoms with Gasteiger partial charge in [-0.25, -0.2) is 0 Å². The molecule has 0 bridgehead atoms. The van der Waals surface area contributed by atoms with Crippen LogP contribution in [0.4, 0.5) is 11.4 Å². The molecule has 126 valence electrons. The lowest BCUT2D eigenvalue weighted by atomic mass is 10.1. The zero-order chi connectivity index (χ0) is 18.4. The van der Waals surface area contributed by atoms with Gasteiger partial charge in [-0.2, -0.15) is 10.5 Å². The summed E-state index contributed by atoms with van der Waals surface area (Å²) >= 11 is 5.92. The van der Waals surface area contributed by atoms with Gasteiger partial charge in [-0.15, -0.1) is 0 Å². The zero-order valence-corrected chi connectivity index (χ0v) is 14.1. The van der Waals surface area contributed by atoms with E-state index in [1.54, 1.807) is 24.3 Å². The molecular formula is C18H15ClN4O2. The maximum absolute atomic E-state index is 12.3. The molecule has 0 aromatic heterocycles. The molecule has 2 rings (SSSR count). The van der Waals surface area contributed by atoms with Gasteiger partial charge in [0, 0.05) is 11.4 Å². The molecule has 0 unspecified atom stereocenters. The highest BCUT2D eigenvalue weighted by atomic mass is 35.5. The zero-order valence-electron chi connectivity index (χ0n) is 13.4. The molecule has 0 saturated carbocycles. The van der Waals surface area contributed by atoms with E-state index in [1.807, 2.05) is 12.1 Å². The SMILES string of the molecule is C[C@](O)(CNc1ccc(C#N)cc1)C(=O)Nc1ccc(C#N)c(Cl)c1. The summed E-state index contributed by atoms with van der Waals surface area (Å²) in [5.74, 6) is -0.616. The van der Waals surface area contributed by atoms with Crippen LogP contribution in [0.25, 0.3) is 0 Å². The fraction of sp³-hybridized carbons (Fsp3) is 0.167. The fourth-order valence-electron chi connectivity index (χ4n) is 1.97. The molecule has 0 aliphatic rings. The molecule has 0 radical (unpaired) electrons. The van der Waals surface area contributed by atoms with Crippen LogP contribution in [0, 0.1) is 22.7 Å². The molecule has 6 nitrogen and oxygen atoms in total. The minimum atomic E-state index is -1.69. The average molecular weight is 355 g/mol. The monoisotopic (exact) mass is 354 g/mol. The Bertz CT molecular complexity index is 864. The largest absolute Gasteiger partial charge is 0.382 e. The third kappa shape index (κ3) is 4.71. The summed E-state index contributed by atoms with van der Waals surface area (Å²) in [5, 5.41) is 33.7. The molecule has 25 heavy (non-hydrogen) atoms. The van der Waals surface area contributed by atoms with Crippen LogP contribution in [0.15, 0.2) is 42.5 Å². The second-order valence-corrected chi connectivity index (χ2v) is 5.98. The van der Waals surface area contributed by atoms with E-state index in [0.717, 1.165) is 0 Å². The van der Waals surface area contributed by atoms with Crippen LogP contribution in [-0.4, -0.2) is 23.2 Å². The van der Waals surface area contributed by atoms with Crippen molar-refractivity contribution in [3.05, 3.63) is 58.6 Å². The van der Waals surface area contributed by atoms with Gasteiger partial charge in [0.1, 0.15) is 6.07 Å². The van der Waals surface area contributed by atoms with E-state index in [1.165, 1.54) is 25.1 Å². The first-order valence-corrected chi connectivity index (χ1v) is 7.71. The Morgan fingerprint density at radius 2 is 1.80 bits per heavy atom. The van der Waals surface area contributed by atoms with Crippen LogP contribution >= 0.6 is 11.6 Å². The van der Waals surface area contributed by atoms with E-state index in [0.29, 0.717) is 22.5 Å². The highest BCUT2D eigenvalue weighted by Gasteiger charge is 2.30. The highest BCUT2D eigenvalue weighted by molar-refractivity contribution is 6.32. The molecule has 0 aliphatic heterocycles. The summed E-state index contributed by atoms with van der Waals surface area (Å²) in [6.45, 7) is 1.35. The topological polar surface area (TPSA) is 109 Å². The lowest BCUT2D eigenvalue weighted by Crippen LogP contribution is -2.45. The predicted molar refractivity (Wildman–Crippen MR) is 95.1 cm³/mol. The van der Waals surface area contributed by atoms with Crippen molar-refractivity contribution >= 4 is 28.9 Å². The molecule has 7 heteroatoms. The average Bonchev–Trinajstić information content (AvgIpc) is 2.60. The van der Waals surface area contributed by atoms with Crippen molar-refractivity contribution in [3.8, 4) is 12.1 Å². The molecule has 2 aromatic carbocycles. The minimum absolute atomic E-state index is 0.0330. The highest BCUT2D eigenvalue weighted by Crippen LogP contribution is 2.21. The van der Waals surface area contributed by atoms with Gasteiger partial charge < -0.3 is 15.7 Å². The number of hydrogen-bond donors (Lipinski definition) is 3. The van der Waals surface area contributed by atoms with E-state index in [-0.39, 0.29) is 11.6 Å². The Balaban J connectivity index is 2.00. The Kier molecular flexibility index (Phi) is 5.61. The third-order valence-electron chi connectivity index (χ3n) is 3.49. The number of carbonyl (C=O) groups is 1. The van der Waals surface area contributed by atoms with Crippen LogP contribution < -0.4 is 10.6 Å². The number of hydrogen-bond acceptors (Lipinski definition) is 5. The van der Waals surface area contributed by atoms with Crippen molar-refractivity contribution in [2.24, 2.45) is 0 Å². The number of anilines is 2. The smallest absolute Gasteiger partial charge is 0.257 e. The number of nitriles is 2. The Morgan fingerprint density at radius 3 is 2.36 bits per heavy atom. The van der Waals surface area contributed by atoms with E-state index in [9.17, 15) is 9.90 Å². The van der Waals surface area contributed by atoms with E-state index < -0.39 is 11.5 Å². The van der Waals surface area contributed by atoms with E-state index >= 15 is 0 Å². The van der Waals surface area contributed by atoms with Crippen molar-refractivity contribution in [2.75, 3.05) is 17.2 Å². The first-order chi connectivity index (χ1) is 11.9. The van der Waals surface area contributed by atoms with Gasteiger partial charge in [-0.1, -0.05) is 11.6 Å². The van der Waals surface area contributed by atoms with E-state index in [4.69, 9.17) is 22.1 Å². The minimum Gasteiger partial charge on any atom is -0.382 e. The Hall–Kier alpha value is -3.06. The van der Waals surface area contributed by atoms with Gasteiger partial charge in [0.15, 0.2) is 5.60 Å². The lowest BCUT2D eigenvalue weighted by Gasteiger charge is -2.23. The fourth-order valence-corrected chi connectivity index (χ4v) is 2.19. The van der Waals surface area contributed by atoms with Gasteiger partial charge in [-0.3, -0.25) is 4.79 Å². The quantitative estimate of drug-likeness (QED) is 0.764. The Morgan fingerprint density at radius 1 is 1.16 bits per heavy atom. The maximum Gasteiger partial charge on any atom is 0.257 e. The van der Waals surface area contributed by atoms with Gasteiger partial charge in [0.25, 0.3) is 5.91 Å². The number of carbonyl (C=O) groups excluding carboxylic acids is 1. The predicted octanol–water partition coefficient (Wildman–Crippen LogP) is 2.88. The normalized spacial score (nSPS) is 12.4. The molecule has 1 amide bonds. The number of nitrogens with zero attached hydrogens (tertiary/aromatic N) is 2. The summed E-state index contributed by atoms with van der Waals surface area (Å²) in [7, 11) is 0. The number of halogens is 1. The van der Waals surface area contributed by atoms with Crippen LogP contribution in [0.1, 0.15) is 18.1 Å². The van der Waals surface area contributed by atoms with Crippen LogP contribution in [-0.2, 0) is 4.79 Å². The molecule has 0 spiro atoms. The molecule has 0 aliphatic carbocycles. The first-order valence-electron chi connectivity index (χ1n) is 7.33. The molecule has 0 saturated heterocycles. The first kappa shape index (κ1) is 18.3. The third-order valence-corrected chi connectivity index (χ3v) is 3.80. The summed E-state index contributed by atoms with van der Waals surface area (Å²) in [6, 6.07) is 15.1. The summed E-state index contributed by atoms with van der Waals surface area (Å²) in [6.07, 6.45) is 0. The van der Waals surface area contributed by atoms with Gasteiger partial charge >= 0.3 is 0 Å². The number of benzene rings is 2. The van der Waals surface area contributed by atoms with Crippen molar-refractivity contribution in [1.29, 1.82) is 10.5 Å². The van der Waals surface area contributed by atoms with Crippen molar-refractivity contribution in [3.63, 3.8) is 0 Å². The van der Waals surface area contributed by atoms with Crippen LogP contribution in [0.5, 0.6) is 0 Å². The number of amides is 1. The molecule has 1 atom stereocenters. The van der Waals surface area contributed by atoms with E-state index in [2.05, 4.69) is 10.6 Å². The van der Waals surface area contributed by atoms with Crippen LogP contribution in [0.3, 0.4) is 0 Å². The number of rotatable bonds is 5. The number of aliphatic hydroxyl groups is 1. The van der Waals surface area contributed by atoms with Gasteiger partial charge in [-0.05, 0) is 49.4 Å². The van der Waals surface area contributed by atoms with Gasteiger partial charge in [0.05, 0.1) is 28.8 Å². The number of nitrogens with one attached hydrogen (secondary N) is 2. The van der Waals surface area contributed by atoms with Crippen LogP contribution in [0.2, 0.25) is 5.02 Å². The molecular weight excluding hydrogens is 340 g/mol. The second-order valence-electron chi connectivity index (χ2n) is 5.58. The summed E-state index contributed by atoms with van der Waals surface area (Å²) < 4.78 is 0. The molecule has 0 heterocycles. The molecule has 3 N–H and O–H groups in total. The standard InChI is InChI=1S/C18H15ClN4O2/c1-18(25,11-22-14-5-2-12(9-20)3-6-14)17(24)23-15-7-4-13(10-21)16(19)8-15/h2-8,22,25H,11H2,1H3,(H,23,24)/t18-/m0/s1. The van der Waals surface area contributed by atoms with Crippen molar-refractivity contribution in [1.82, 2.24) is 0 Å². The van der Waals surface area contributed by atoms with Crippen molar-refractivity contribution in [2.45, 2.75) is 12.5 Å². The second kappa shape index (κ2) is 7.67. The van der Waals surface area contributed by atoms with Crippen molar-refractivity contribution < 1.29 is 9.90 Å². The lowest BCUT2D eigenvalue weighted by molar-refractivity contribution is -0.131. The van der Waals surface area contributed by atoms with Gasteiger partial charge in [0.2, 0.25) is 0 Å². The Labute approximate surface area is 150 Å². The molecule has 0 fully saturated rings. The summed E-state index contributed by atoms with van der Waals surface area (Å²) in [4.78, 5) is 12.3. The summed E-state index contributed by atoms with van der Waals surface area (Å²) in [5.41, 5.74) is 0.191. The molecule has 2 aromatic rings. The maximum atomic E-state index is 12.3.